The number of hydrogen-bond donors (Lipinski definition) is 0. The van der Waals surface area contributed by atoms with Gasteiger partial charge in [0.1, 0.15) is 5.82 Å². The molecular weight excluding hydrogens is 426 g/mol. The highest BCUT2D eigenvalue weighted by atomic mass is 32.2. The Hall–Kier alpha value is -2.36. The van der Waals surface area contributed by atoms with Crippen molar-refractivity contribution in [3.8, 4) is 11.4 Å². The number of allylic oxidation sites excluding steroid dienone is 1. The number of morpholine rings is 1. The molecule has 2 aromatic heterocycles. The Labute approximate surface area is 189 Å². The molecule has 0 radical (unpaired) electrons. The van der Waals surface area contributed by atoms with Gasteiger partial charge < -0.3 is 9.64 Å². The van der Waals surface area contributed by atoms with Crippen molar-refractivity contribution in [3.05, 3.63) is 41.4 Å². The van der Waals surface area contributed by atoms with Crippen LogP contribution in [-0.4, -0.2) is 72.8 Å². The average Bonchev–Trinajstić information content (AvgIpc) is 3.28. The normalized spacial score (nSPS) is 24.0. The fourth-order valence-corrected chi connectivity index (χ4v) is 5.74. The van der Waals surface area contributed by atoms with Crippen LogP contribution < -0.4 is 4.90 Å². The third kappa shape index (κ3) is 4.16. The van der Waals surface area contributed by atoms with Crippen molar-refractivity contribution in [2.45, 2.75) is 38.1 Å². The SMILES string of the molecule is C[C@@H]1COCCN1c1cc([C@@H]2CCCN(S(C)(=O)=O)C2)nc(-c2ccnc3c2C=CC3)n1. The molecule has 8 nitrogen and oxygen atoms in total. The first-order chi connectivity index (χ1) is 15.4. The lowest BCUT2D eigenvalue weighted by atomic mass is 9.95. The molecule has 0 N–H and O–H groups in total. The maximum Gasteiger partial charge on any atom is 0.211 e. The standard InChI is InChI=1S/C23H29N5O3S/c1-16-15-31-12-11-28(16)22-13-21(17-5-4-10-27(14-17)32(2,29)30)25-23(26-22)19-8-9-24-20-7-3-6-18(19)20/h3,6,8-9,13,16-17H,4-5,7,10-12,14-15H2,1-2H3/t16-,17-/m1/s1. The monoisotopic (exact) mass is 455 g/mol. The lowest BCUT2D eigenvalue weighted by Crippen LogP contribution is -2.44. The summed E-state index contributed by atoms with van der Waals surface area (Å²) in [6, 6.07) is 4.24. The van der Waals surface area contributed by atoms with Gasteiger partial charge in [-0.3, -0.25) is 4.98 Å². The summed E-state index contributed by atoms with van der Waals surface area (Å²) in [5.41, 5.74) is 4.00. The molecule has 32 heavy (non-hydrogen) atoms. The van der Waals surface area contributed by atoms with E-state index in [1.807, 2.05) is 12.3 Å². The summed E-state index contributed by atoms with van der Waals surface area (Å²) < 4.78 is 31.6. The van der Waals surface area contributed by atoms with Crippen molar-refractivity contribution >= 4 is 21.9 Å². The average molecular weight is 456 g/mol. The van der Waals surface area contributed by atoms with Gasteiger partial charge in [0, 0.05) is 55.4 Å². The zero-order valence-electron chi connectivity index (χ0n) is 18.6. The number of piperidine rings is 1. The Balaban J connectivity index is 1.59. The maximum atomic E-state index is 12.2. The molecular formula is C23H29N5O3S. The summed E-state index contributed by atoms with van der Waals surface area (Å²) in [6.45, 7) is 5.26. The first-order valence-corrected chi connectivity index (χ1v) is 13.1. The van der Waals surface area contributed by atoms with Gasteiger partial charge in [-0.1, -0.05) is 12.2 Å². The summed E-state index contributed by atoms with van der Waals surface area (Å²) in [4.78, 5) is 16.7. The maximum absolute atomic E-state index is 12.2. The molecule has 0 saturated carbocycles. The Morgan fingerprint density at radius 3 is 2.91 bits per heavy atom. The summed E-state index contributed by atoms with van der Waals surface area (Å²) >= 11 is 0. The molecule has 2 fully saturated rings. The van der Waals surface area contributed by atoms with Gasteiger partial charge in [0.15, 0.2) is 5.82 Å². The first-order valence-electron chi connectivity index (χ1n) is 11.2. The minimum absolute atomic E-state index is 0.0424. The molecule has 2 saturated heterocycles. The van der Waals surface area contributed by atoms with Crippen molar-refractivity contribution < 1.29 is 13.2 Å². The van der Waals surface area contributed by atoms with Gasteiger partial charge in [0.25, 0.3) is 0 Å². The molecule has 2 aliphatic heterocycles. The van der Waals surface area contributed by atoms with Crippen molar-refractivity contribution in [1.82, 2.24) is 19.3 Å². The number of rotatable bonds is 4. The zero-order chi connectivity index (χ0) is 22.3. The van der Waals surface area contributed by atoms with Crippen LogP contribution in [0.1, 0.15) is 42.6 Å². The zero-order valence-corrected chi connectivity index (χ0v) is 19.4. The van der Waals surface area contributed by atoms with E-state index in [4.69, 9.17) is 14.7 Å². The van der Waals surface area contributed by atoms with E-state index < -0.39 is 10.0 Å². The van der Waals surface area contributed by atoms with Crippen LogP contribution in [0.3, 0.4) is 0 Å². The van der Waals surface area contributed by atoms with Gasteiger partial charge >= 0.3 is 0 Å². The highest BCUT2D eigenvalue weighted by Gasteiger charge is 2.30. The molecule has 2 aromatic rings. The van der Waals surface area contributed by atoms with Crippen molar-refractivity contribution in [1.29, 1.82) is 0 Å². The van der Waals surface area contributed by atoms with Crippen LogP contribution in [-0.2, 0) is 21.2 Å². The van der Waals surface area contributed by atoms with Crippen LogP contribution in [0.4, 0.5) is 5.82 Å². The summed E-state index contributed by atoms with van der Waals surface area (Å²) in [7, 11) is -3.23. The van der Waals surface area contributed by atoms with E-state index >= 15 is 0 Å². The highest BCUT2D eigenvalue weighted by molar-refractivity contribution is 7.88. The van der Waals surface area contributed by atoms with Gasteiger partial charge in [-0.2, -0.15) is 0 Å². The number of fused-ring (bicyclic) bond motifs is 1. The van der Waals surface area contributed by atoms with Crippen LogP contribution >= 0.6 is 0 Å². The number of sulfonamides is 1. The second kappa shape index (κ2) is 8.53. The van der Waals surface area contributed by atoms with Crippen molar-refractivity contribution in [2.24, 2.45) is 0 Å². The fourth-order valence-electron chi connectivity index (χ4n) is 4.83. The Kier molecular flexibility index (Phi) is 5.73. The van der Waals surface area contributed by atoms with Gasteiger partial charge in [-0.05, 0) is 25.8 Å². The summed E-state index contributed by atoms with van der Waals surface area (Å²) in [5, 5.41) is 0. The molecule has 2 atom stereocenters. The van der Waals surface area contributed by atoms with Gasteiger partial charge in [-0.25, -0.2) is 22.7 Å². The quantitative estimate of drug-likeness (QED) is 0.700. The van der Waals surface area contributed by atoms with Crippen LogP contribution in [0, 0.1) is 0 Å². The highest BCUT2D eigenvalue weighted by Crippen LogP contribution is 2.34. The predicted octanol–water partition coefficient (Wildman–Crippen LogP) is 2.47. The van der Waals surface area contributed by atoms with Gasteiger partial charge in [0.05, 0.1) is 36.9 Å². The Morgan fingerprint density at radius 1 is 1.22 bits per heavy atom. The molecule has 4 heterocycles. The smallest absolute Gasteiger partial charge is 0.211 e. The minimum atomic E-state index is -3.23. The van der Waals surface area contributed by atoms with Crippen molar-refractivity contribution in [3.63, 3.8) is 0 Å². The minimum Gasteiger partial charge on any atom is -0.377 e. The third-order valence-corrected chi connectivity index (χ3v) is 7.84. The molecule has 3 aliphatic rings. The van der Waals surface area contributed by atoms with E-state index in [9.17, 15) is 8.42 Å². The second-order valence-electron chi connectivity index (χ2n) is 8.88. The van der Waals surface area contributed by atoms with Crippen molar-refractivity contribution in [2.75, 3.05) is 44.0 Å². The van der Waals surface area contributed by atoms with E-state index in [0.717, 1.165) is 54.1 Å². The first kappa shape index (κ1) is 21.5. The number of anilines is 1. The van der Waals surface area contributed by atoms with Gasteiger partial charge in [-0.15, -0.1) is 0 Å². The van der Waals surface area contributed by atoms with Crippen LogP contribution in [0.25, 0.3) is 17.5 Å². The molecule has 0 bridgehead atoms. The Morgan fingerprint density at radius 2 is 2.09 bits per heavy atom. The number of pyridine rings is 1. The fraction of sp³-hybridized carbons (Fsp3) is 0.522. The second-order valence-corrected chi connectivity index (χ2v) is 10.9. The van der Waals surface area contributed by atoms with E-state index in [0.29, 0.717) is 32.1 Å². The molecule has 5 rings (SSSR count). The topological polar surface area (TPSA) is 88.5 Å². The van der Waals surface area contributed by atoms with E-state index in [-0.39, 0.29) is 12.0 Å². The number of hydrogen-bond acceptors (Lipinski definition) is 7. The lowest BCUT2D eigenvalue weighted by Gasteiger charge is -2.35. The van der Waals surface area contributed by atoms with E-state index in [1.165, 1.54) is 6.26 Å². The number of nitrogens with zero attached hydrogens (tertiary/aromatic N) is 5. The van der Waals surface area contributed by atoms with Crippen LogP contribution in [0.15, 0.2) is 24.4 Å². The van der Waals surface area contributed by atoms with Gasteiger partial charge in [0.2, 0.25) is 10.0 Å². The summed E-state index contributed by atoms with van der Waals surface area (Å²) in [5.74, 6) is 1.60. The number of ether oxygens (including phenoxy) is 1. The van der Waals surface area contributed by atoms with Crippen LogP contribution in [0.5, 0.6) is 0 Å². The number of aromatic nitrogens is 3. The third-order valence-electron chi connectivity index (χ3n) is 6.58. The lowest BCUT2D eigenvalue weighted by molar-refractivity contribution is 0.0985. The predicted molar refractivity (Wildman–Crippen MR) is 124 cm³/mol. The molecule has 170 valence electrons. The molecule has 0 aromatic carbocycles. The molecule has 9 heteroatoms. The van der Waals surface area contributed by atoms with E-state index in [2.05, 4.69) is 35.0 Å². The molecule has 0 spiro atoms. The molecule has 0 unspecified atom stereocenters. The molecule has 1 aliphatic carbocycles. The summed E-state index contributed by atoms with van der Waals surface area (Å²) in [6.07, 6.45) is 9.87. The largest absolute Gasteiger partial charge is 0.377 e. The Bertz CT molecular complexity index is 1150. The van der Waals surface area contributed by atoms with Crippen LogP contribution in [0.2, 0.25) is 0 Å². The van der Waals surface area contributed by atoms with E-state index in [1.54, 1.807) is 4.31 Å². The molecule has 0 amide bonds.